The third kappa shape index (κ3) is 3.83. The minimum atomic E-state index is -0.522. The Bertz CT molecular complexity index is 627. The molecule has 0 aliphatic carbocycles. The average molecular weight is 286 g/mol. The Kier molecular flexibility index (Phi) is 4.29. The molecule has 0 aromatic heterocycles. The summed E-state index contributed by atoms with van der Waals surface area (Å²) < 4.78 is 0. The Labute approximate surface area is 123 Å². The van der Waals surface area contributed by atoms with Gasteiger partial charge < -0.3 is 9.99 Å². The summed E-state index contributed by atoms with van der Waals surface area (Å²) in [6.45, 7) is 5.47. The summed E-state index contributed by atoms with van der Waals surface area (Å²) in [6.07, 6.45) is 0. The lowest BCUT2D eigenvalue weighted by atomic mass is 10.0. The lowest BCUT2D eigenvalue weighted by Crippen LogP contribution is -2.21. The molecule has 0 saturated heterocycles. The van der Waals surface area contributed by atoms with Gasteiger partial charge in [-0.05, 0) is 32.9 Å². The standard InChI is InChI=1S/C17H18O4/c1-17(2,3)21-20-14-11-7-10-13(16(14)19)15(18)12-8-5-4-6-9-12/h4-11,19H,1-3H3. The summed E-state index contributed by atoms with van der Waals surface area (Å²) in [4.78, 5) is 22.7. The second kappa shape index (κ2) is 5.97. The third-order valence-corrected chi connectivity index (χ3v) is 2.66. The number of ketones is 1. The van der Waals surface area contributed by atoms with Crippen molar-refractivity contribution < 1.29 is 19.7 Å². The molecule has 21 heavy (non-hydrogen) atoms. The number of rotatable bonds is 4. The predicted octanol–water partition coefficient (Wildman–Crippen LogP) is 3.73. The van der Waals surface area contributed by atoms with Crippen LogP contribution in [-0.4, -0.2) is 16.5 Å². The van der Waals surface area contributed by atoms with Crippen molar-refractivity contribution in [1.29, 1.82) is 0 Å². The van der Waals surface area contributed by atoms with E-state index in [0.29, 0.717) is 5.56 Å². The van der Waals surface area contributed by atoms with Crippen LogP contribution in [0.4, 0.5) is 0 Å². The third-order valence-electron chi connectivity index (χ3n) is 2.66. The highest BCUT2D eigenvalue weighted by Crippen LogP contribution is 2.32. The summed E-state index contributed by atoms with van der Waals surface area (Å²) in [7, 11) is 0. The van der Waals surface area contributed by atoms with Gasteiger partial charge >= 0.3 is 0 Å². The molecule has 0 aliphatic heterocycles. The Balaban J connectivity index is 2.28. The summed E-state index contributed by atoms with van der Waals surface area (Å²) in [5.74, 6) is -0.378. The number of carbonyl (C=O) groups is 1. The number of phenolic OH excluding ortho intramolecular Hbond substituents is 1. The van der Waals surface area contributed by atoms with Gasteiger partial charge in [0.25, 0.3) is 0 Å². The van der Waals surface area contributed by atoms with Crippen molar-refractivity contribution in [3.8, 4) is 11.5 Å². The fourth-order valence-corrected chi connectivity index (χ4v) is 1.69. The minimum Gasteiger partial charge on any atom is -0.504 e. The topological polar surface area (TPSA) is 55.8 Å². The molecular formula is C17H18O4. The molecule has 0 bridgehead atoms. The number of hydrogen-bond donors (Lipinski definition) is 1. The number of benzene rings is 2. The SMILES string of the molecule is CC(C)(C)OOc1cccc(C(=O)c2ccccc2)c1O. The second-order valence-corrected chi connectivity index (χ2v) is 5.63. The van der Waals surface area contributed by atoms with Gasteiger partial charge in [0.05, 0.1) is 5.56 Å². The molecule has 2 aromatic carbocycles. The maximum absolute atomic E-state index is 12.4. The van der Waals surface area contributed by atoms with E-state index in [1.165, 1.54) is 0 Å². The highest BCUT2D eigenvalue weighted by atomic mass is 17.2. The van der Waals surface area contributed by atoms with Gasteiger partial charge in [-0.1, -0.05) is 36.4 Å². The van der Waals surface area contributed by atoms with E-state index in [1.54, 1.807) is 42.5 Å². The van der Waals surface area contributed by atoms with Gasteiger partial charge in [-0.25, -0.2) is 0 Å². The van der Waals surface area contributed by atoms with Gasteiger partial charge in [0, 0.05) is 5.56 Å². The molecule has 0 unspecified atom stereocenters. The zero-order valence-electron chi connectivity index (χ0n) is 12.3. The zero-order chi connectivity index (χ0) is 15.5. The van der Waals surface area contributed by atoms with Crippen molar-refractivity contribution in [3.05, 3.63) is 59.7 Å². The molecule has 0 radical (unpaired) electrons. The molecule has 4 nitrogen and oxygen atoms in total. The number of carbonyl (C=O) groups excluding carboxylic acids is 1. The van der Waals surface area contributed by atoms with Crippen LogP contribution in [0.2, 0.25) is 0 Å². The monoisotopic (exact) mass is 286 g/mol. The van der Waals surface area contributed by atoms with Crippen LogP contribution in [0, 0.1) is 0 Å². The first-order valence-electron chi connectivity index (χ1n) is 6.66. The quantitative estimate of drug-likeness (QED) is 0.528. The summed E-state index contributed by atoms with van der Waals surface area (Å²) in [5, 5.41) is 10.2. The highest BCUT2D eigenvalue weighted by molar-refractivity contribution is 6.11. The largest absolute Gasteiger partial charge is 0.504 e. The summed E-state index contributed by atoms with van der Waals surface area (Å²) in [5.41, 5.74) is 0.157. The van der Waals surface area contributed by atoms with Gasteiger partial charge in [0.15, 0.2) is 11.5 Å². The molecule has 1 N–H and O–H groups in total. The van der Waals surface area contributed by atoms with Crippen molar-refractivity contribution in [1.82, 2.24) is 0 Å². The van der Waals surface area contributed by atoms with Crippen LogP contribution in [0.15, 0.2) is 48.5 Å². The van der Waals surface area contributed by atoms with E-state index in [4.69, 9.17) is 9.78 Å². The Hall–Kier alpha value is -2.33. The Morgan fingerprint density at radius 2 is 1.67 bits per heavy atom. The predicted molar refractivity (Wildman–Crippen MR) is 79.4 cm³/mol. The molecule has 0 atom stereocenters. The number of phenols is 1. The number of hydrogen-bond acceptors (Lipinski definition) is 4. The van der Waals surface area contributed by atoms with E-state index < -0.39 is 5.60 Å². The van der Waals surface area contributed by atoms with Crippen LogP contribution in [0.3, 0.4) is 0 Å². The molecule has 0 amide bonds. The smallest absolute Gasteiger partial charge is 0.207 e. The summed E-state index contributed by atoms with van der Waals surface area (Å²) >= 11 is 0. The Morgan fingerprint density at radius 3 is 2.29 bits per heavy atom. The molecule has 4 heteroatoms. The molecule has 0 spiro atoms. The normalized spacial score (nSPS) is 11.2. The minimum absolute atomic E-state index is 0.117. The van der Waals surface area contributed by atoms with E-state index in [2.05, 4.69) is 0 Å². The van der Waals surface area contributed by atoms with E-state index in [-0.39, 0.29) is 22.8 Å². The maximum atomic E-state index is 12.4. The molecule has 0 fully saturated rings. The van der Waals surface area contributed by atoms with Crippen LogP contribution in [0.5, 0.6) is 11.5 Å². The van der Waals surface area contributed by atoms with Crippen molar-refractivity contribution in [2.24, 2.45) is 0 Å². The molecule has 0 heterocycles. The first-order chi connectivity index (χ1) is 9.88. The average Bonchev–Trinajstić information content (AvgIpc) is 2.45. The van der Waals surface area contributed by atoms with Crippen LogP contribution in [0.1, 0.15) is 36.7 Å². The van der Waals surface area contributed by atoms with E-state index in [9.17, 15) is 9.90 Å². The van der Waals surface area contributed by atoms with Crippen molar-refractivity contribution >= 4 is 5.78 Å². The van der Waals surface area contributed by atoms with Gasteiger partial charge in [-0.2, -0.15) is 4.89 Å². The number of para-hydroxylation sites is 1. The van der Waals surface area contributed by atoms with Crippen molar-refractivity contribution in [3.63, 3.8) is 0 Å². The van der Waals surface area contributed by atoms with E-state index >= 15 is 0 Å². The van der Waals surface area contributed by atoms with E-state index in [0.717, 1.165) is 0 Å². The van der Waals surface area contributed by atoms with E-state index in [1.807, 2.05) is 26.8 Å². The van der Waals surface area contributed by atoms with Crippen LogP contribution < -0.4 is 4.89 Å². The van der Waals surface area contributed by atoms with Gasteiger partial charge in [-0.15, -0.1) is 0 Å². The molecule has 0 aliphatic rings. The molecular weight excluding hydrogens is 268 g/mol. The zero-order valence-corrected chi connectivity index (χ0v) is 12.3. The van der Waals surface area contributed by atoms with Crippen molar-refractivity contribution in [2.75, 3.05) is 0 Å². The molecule has 110 valence electrons. The van der Waals surface area contributed by atoms with Crippen LogP contribution in [-0.2, 0) is 4.89 Å². The van der Waals surface area contributed by atoms with Gasteiger partial charge in [0.1, 0.15) is 5.60 Å². The van der Waals surface area contributed by atoms with Gasteiger partial charge in [-0.3, -0.25) is 4.79 Å². The lowest BCUT2D eigenvalue weighted by Gasteiger charge is -2.18. The fourth-order valence-electron chi connectivity index (χ4n) is 1.69. The van der Waals surface area contributed by atoms with Crippen LogP contribution in [0.25, 0.3) is 0 Å². The van der Waals surface area contributed by atoms with Crippen molar-refractivity contribution in [2.45, 2.75) is 26.4 Å². The first kappa shape index (κ1) is 15.1. The lowest BCUT2D eigenvalue weighted by molar-refractivity contribution is -0.275. The fraction of sp³-hybridized carbons (Fsp3) is 0.235. The molecule has 2 rings (SSSR count). The highest BCUT2D eigenvalue weighted by Gasteiger charge is 2.19. The molecule has 2 aromatic rings. The second-order valence-electron chi connectivity index (χ2n) is 5.63. The molecule has 0 saturated carbocycles. The Morgan fingerprint density at radius 1 is 1.00 bits per heavy atom. The number of aromatic hydroxyl groups is 1. The summed E-state index contributed by atoms with van der Waals surface area (Å²) in [6, 6.07) is 13.5. The van der Waals surface area contributed by atoms with Crippen LogP contribution >= 0.6 is 0 Å². The first-order valence-corrected chi connectivity index (χ1v) is 6.66. The van der Waals surface area contributed by atoms with Gasteiger partial charge in [0.2, 0.25) is 5.75 Å². The maximum Gasteiger partial charge on any atom is 0.207 e.